The highest BCUT2D eigenvalue weighted by molar-refractivity contribution is 5.85. The molecule has 19 heavy (non-hydrogen) atoms. The molecule has 1 fully saturated rings. The highest BCUT2D eigenvalue weighted by Gasteiger charge is 2.29. The topological polar surface area (TPSA) is 45.1 Å². The molecule has 3 rings (SSSR count). The normalized spacial score (nSPS) is 24.4. The van der Waals surface area contributed by atoms with Crippen LogP contribution in [0.3, 0.4) is 0 Å². The van der Waals surface area contributed by atoms with Gasteiger partial charge in [0.1, 0.15) is 0 Å². The van der Waals surface area contributed by atoms with Crippen LogP contribution in [0.4, 0.5) is 0 Å². The fourth-order valence-electron chi connectivity index (χ4n) is 3.36. The Morgan fingerprint density at radius 3 is 2.84 bits per heavy atom. The van der Waals surface area contributed by atoms with Gasteiger partial charge in [0.15, 0.2) is 0 Å². The van der Waals surface area contributed by atoms with Gasteiger partial charge in [0.2, 0.25) is 0 Å². The Labute approximate surface area is 114 Å². The first-order valence-electron chi connectivity index (χ1n) is 7.09. The predicted octanol–water partition coefficient (Wildman–Crippen LogP) is 2.74. The smallest absolute Gasteiger partial charge is 0.0462 e. The van der Waals surface area contributed by atoms with Crippen LogP contribution in [-0.2, 0) is 0 Å². The summed E-state index contributed by atoms with van der Waals surface area (Å²) in [4.78, 5) is 5.92. The van der Waals surface area contributed by atoms with Crippen molar-refractivity contribution in [2.24, 2.45) is 11.7 Å². The van der Waals surface area contributed by atoms with Crippen LogP contribution >= 0.6 is 0 Å². The number of nitrogens with one attached hydrogen (secondary N) is 1. The molecule has 2 atom stereocenters. The van der Waals surface area contributed by atoms with Crippen LogP contribution in [0, 0.1) is 19.8 Å². The Morgan fingerprint density at radius 1 is 1.37 bits per heavy atom. The zero-order chi connectivity index (χ0) is 13.6. The largest absolute Gasteiger partial charge is 0.358 e. The highest BCUT2D eigenvalue weighted by Crippen LogP contribution is 2.35. The van der Waals surface area contributed by atoms with Crippen molar-refractivity contribution in [1.29, 1.82) is 0 Å². The quantitative estimate of drug-likeness (QED) is 0.869. The van der Waals surface area contributed by atoms with E-state index in [1.807, 2.05) is 0 Å². The van der Waals surface area contributed by atoms with Crippen molar-refractivity contribution >= 4 is 10.9 Å². The molecular weight excluding hydrogens is 234 g/mol. The summed E-state index contributed by atoms with van der Waals surface area (Å²) in [6, 6.07) is 7.37. The van der Waals surface area contributed by atoms with E-state index in [0.717, 1.165) is 13.1 Å². The molecule has 1 saturated heterocycles. The van der Waals surface area contributed by atoms with Gasteiger partial charge in [0.25, 0.3) is 0 Å². The fourth-order valence-corrected chi connectivity index (χ4v) is 3.36. The lowest BCUT2D eigenvalue weighted by Crippen LogP contribution is -2.20. The van der Waals surface area contributed by atoms with Crippen LogP contribution in [0.5, 0.6) is 0 Å². The van der Waals surface area contributed by atoms with Crippen molar-refractivity contribution in [3.8, 4) is 0 Å². The van der Waals surface area contributed by atoms with Crippen molar-refractivity contribution in [1.82, 2.24) is 9.88 Å². The molecule has 0 aliphatic carbocycles. The van der Waals surface area contributed by atoms with E-state index >= 15 is 0 Å². The van der Waals surface area contributed by atoms with Gasteiger partial charge in [-0.3, -0.25) is 4.90 Å². The van der Waals surface area contributed by atoms with Crippen molar-refractivity contribution in [3.63, 3.8) is 0 Å². The molecular formula is C16H23N3. The number of benzene rings is 1. The Morgan fingerprint density at radius 2 is 2.16 bits per heavy atom. The van der Waals surface area contributed by atoms with Crippen molar-refractivity contribution in [2.45, 2.75) is 26.3 Å². The zero-order valence-electron chi connectivity index (χ0n) is 12.0. The van der Waals surface area contributed by atoms with Gasteiger partial charge >= 0.3 is 0 Å². The summed E-state index contributed by atoms with van der Waals surface area (Å²) >= 11 is 0. The molecule has 0 amide bonds. The number of likely N-dealkylation sites (tertiary alicyclic amines) is 1. The summed E-state index contributed by atoms with van der Waals surface area (Å²) < 4.78 is 0. The second-order valence-electron chi connectivity index (χ2n) is 5.97. The molecule has 1 aliphatic rings. The first kappa shape index (κ1) is 12.7. The minimum Gasteiger partial charge on any atom is -0.358 e. The van der Waals surface area contributed by atoms with Crippen molar-refractivity contribution in [2.75, 3.05) is 20.1 Å². The minimum atomic E-state index is 0.516. The van der Waals surface area contributed by atoms with Crippen LogP contribution in [0.1, 0.15) is 29.3 Å². The van der Waals surface area contributed by atoms with Gasteiger partial charge in [-0.1, -0.05) is 12.1 Å². The summed E-state index contributed by atoms with van der Waals surface area (Å²) in [6.45, 7) is 6.23. The molecule has 3 nitrogen and oxygen atoms in total. The number of aromatic amines is 1. The van der Waals surface area contributed by atoms with Crippen LogP contribution in [0.15, 0.2) is 18.2 Å². The molecule has 0 bridgehead atoms. The third-order valence-electron chi connectivity index (χ3n) is 4.69. The van der Waals surface area contributed by atoms with Gasteiger partial charge in [-0.15, -0.1) is 0 Å². The predicted molar refractivity (Wildman–Crippen MR) is 80.3 cm³/mol. The van der Waals surface area contributed by atoms with E-state index in [1.54, 1.807) is 0 Å². The van der Waals surface area contributed by atoms with E-state index in [0.29, 0.717) is 12.0 Å². The molecule has 1 aliphatic heterocycles. The Kier molecular flexibility index (Phi) is 3.11. The van der Waals surface area contributed by atoms with E-state index in [2.05, 4.69) is 49.0 Å². The van der Waals surface area contributed by atoms with E-state index in [9.17, 15) is 0 Å². The lowest BCUT2D eigenvalue weighted by molar-refractivity contribution is 0.314. The maximum absolute atomic E-state index is 5.82. The maximum atomic E-state index is 5.82. The first-order chi connectivity index (χ1) is 9.10. The van der Waals surface area contributed by atoms with Crippen LogP contribution in [0.2, 0.25) is 0 Å². The summed E-state index contributed by atoms with van der Waals surface area (Å²) in [6.07, 6.45) is 1.18. The Balaban J connectivity index is 1.97. The molecule has 0 spiro atoms. The second-order valence-corrected chi connectivity index (χ2v) is 5.97. The second kappa shape index (κ2) is 4.66. The maximum Gasteiger partial charge on any atom is 0.0462 e. The molecule has 1 aromatic carbocycles. The fraction of sp³-hybridized carbons (Fsp3) is 0.500. The number of nitrogens with zero attached hydrogens (tertiary/aromatic N) is 1. The average molecular weight is 257 g/mol. The Bertz CT molecular complexity index is 599. The number of hydrogen-bond donors (Lipinski definition) is 2. The summed E-state index contributed by atoms with van der Waals surface area (Å²) in [5.41, 5.74) is 11.1. The third kappa shape index (κ3) is 2.07. The van der Waals surface area contributed by atoms with E-state index < -0.39 is 0 Å². The van der Waals surface area contributed by atoms with Gasteiger partial charge in [0.05, 0.1) is 0 Å². The number of fused-ring (bicyclic) bond motifs is 1. The molecule has 0 saturated carbocycles. The summed E-state index contributed by atoms with van der Waals surface area (Å²) in [5.74, 6) is 0.637. The van der Waals surface area contributed by atoms with Gasteiger partial charge in [-0.05, 0) is 57.0 Å². The molecule has 1 aromatic heterocycles. The zero-order valence-corrected chi connectivity index (χ0v) is 12.0. The number of rotatable bonds is 2. The molecule has 3 N–H and O–H groups in total. The SMILES string of the molecule is Cc1[nH]c2cc(C3CC(CN)CN3C)ccc2c1C. The van der Waals surface area contributed by atoms with E-state index in [1.165, 1.54) is 34.1 Å². The van der Waals surface area contributed by atoms with Crippen molar-refractivity contribution in [3.05, 3.63) is 35.0 Å². The Hall–Kier alpha value is -1.32. The highest BCUT2D eigenvalue weighted by atomic mass is 15.2. The van der Waals surface area contributed by atoms with Gasteiger partial charge < -0.3 is 10.7 Å². The van der Waals surface area contributed by atoms with Gasteiger partial charge in [0, 0.05) is 29.2 Å². The summed E-state index contributed by atoms with van der Waals surface area (Å²) in [7, 11) is 2.20. The monoisotopic (exact) mass is 257 g/mol. The number of H-pyrrole nitrogens is 1. The average Bonchev–Trinajstić information content (AvgIpc) is 2.91. The van der Waals surface area contributed by atoms with Crippen molar-refractivity contribution < 1.29 is 0 Å². The third-order valence-corrected chi connectivity index (χ3v) is 4.69. The molecule has 2 aromatic rings. The van der Waals surface area contributed by atoms with Crippen LogP contribution in [-0.4, -0.2) is 30.0 Å². The number of nitrogens with two attached hydrogens (primary N) is 1. The molecule has 0 radical (unpaired) electrons. The molecule has 2 heterocycles. The van der Waals surface area contributed by atoms with Gasteiger partial charge in [-0.25, -0.2) is 0 Å². The lowest BCUT2D eigenvalue weighted by Gasteiger charge is -2.19. The number of aryl methyl sites for hydroxylation is 2. The number of aromatic nitrogens is 1. The van der Waals surface area contributed by atoms with E-state index in [4.69, 9.17) is 5.73 Å². The van der Waals surface area contributed by atoms with E-state index in [-0.39, 0.29) is 0 Å². The minimum absolute atomic E-state index is 0.516. The first-order valence-corrected chi connectivity index (χ1v) is 7.09. The molecule has 102 valence electrons. The van der Waals surface area contributed by atoms with Crippen LogP contribution in [0.25, 0.3) is 10.9 Å². The van der Waals surface area contributed by atoms with Gasteiger partial charge in [-0.2, -0.15) is 0 Å². The molecule has 2 unspecified atom stereocenters. The molecule has 3 heteroatoms. The number of hydrogen-bond acceptors (Lipinski definition) is 2. The standard InChI is InChI=1S/C16H23N3/c1-10-11(2)18-15-7-13(4-5-14(10)15)16-6-12(8-17)9-19(16)3/h4-5,7,12,16,18H,6,8-9,17H2,1-3H3. The summed E-state index contributed by atoms with van der Waals surface area (Å²) in [5, 5.41) is 1.34. The van der Waals surface area contributed by atoms with Crippen LogP contribution < -0.4 is 5.73 Å². The lowest BCUT2D eigenvalue weighted by atomic mass is 9.98.